The average Bonchev–Trinajstić information content (AvgIpc) is 2.07. The maximum absolute atomic E-state index is 10.7. The molecule has 3 heteroatoms. The fourth-order valence-electron chi connectivity index (χ4n) is 1.02. The van der Waals surface area contributed by atoms with Crippen LogP contribution in [0.3, 0.4) is 0 Å². The fourth-order valence-corrected chi connectivity index (χ4v) is 1.02. The van der Waals surface area contributed by atoms with Gasteiger partial charge in [-0.2, -0.15) is 0 Å². The zero-order chi connectivity index (χ0) is 8.97. The van der Waals surface area contributed by atoms with Crippen molar-refractivity contribution in [1.82, 2.24) is 5.73 Å². The van der Waals surface area contributed by atoms with Crippen LogP contribution < -0.4 is 5.73 Å². The van der Waals surface area contributed by atoms with E-state index in [1.165, 1.54) is 7.11 Å². The molecule has 63 valence electrons. The van der Waals surface area contributed by atoms with Crippen LogP contribution >= 0.6 is 0 Å². The lowest BCUT2D eigenvalue weighted by Gasteiger charge is -2.09. The Balaban J connectivity index is 2.88. The lowest BCUT2D eigenvalue weighted by Crippen LogP contribution is -2.14. The smallest absolute Gasteiger partial charge is 0.272 e. The van der Waals surface area contributed by atoms with E-state index >= 15 is 0 Å². The third kappa shape index (κ3) is 1.83. The highest BCUT2D eigenvalue weighted by Gasteiger charge is 2.16. The number of hydrogen-bond donors (Lipinski definition) is 0. The SMILES string of the molecule is CO[C@H](C([NH])=O)c1ccccc1. The van der Waals surface area contributed by atoms with E-state index in [0.29, 0.717) is 0 Å². The molecule has 1 N–H and O–H groups in total. The van der Waals surface area contributed by atoms with Crippen molar-refractivity contribution in [3.63, 3.8) is 0 Å². The van der Waals surface area contributed by atoms with Gasteiger partial charge in [-0.25, -0.2) is 0 Å². The highest BCUT2D eigenvalue weighted by molar-refractivity contribution is 5.79. The second kappa shape index (κ2) is 3.88. The highest BCUT2D eigenvalue weighted by Crippen LogP contribution is 2.15. The van der Waals surface area contributed by atoms with E-state index in [9.17, 15) is 4.79 Å². The zero-order valence-electron chi connectivity index (χ0n) is 6.78. The Labute approximate surface area is 71.1 Å². The van der Waals surface area contributed by atoms with E-state index in [0.717, 1.165) is 5.56 Å². The van der Waals surface area contributed by atoms with E-state index in [-0.39, 0.29) is 0 Å². The van der Waals surface area contributed by atoms with Gasteiger partial charge < -0.3 is 4.74 Å². The normalized spacial score (nSPS) is 12.4. The van der Waals surface area contributed by atoms with Crippen LogP contribution in [0, 0.1) is 0 Å². The molecule has 1 amide bonds. The molecule has 0 saturated carbocycles. The Morgan fingerprint density at radius 1 is 1.42 bits per heavy atom. The molecule has 12 heavy (non-hydrogen) atoms. The molecular weight excluding hydrogens is 154 g/mol. The van der Waals surface area contributed by atoms with Gasteiger partial charge in [0, 0.05) is 7.11 Å². The van der Waals surface area contributed by atoms with Crippen LogP contribution in [-0.2, 0) is 9.53 Å². The molecule has 0 saturated heterocycles. The molecule has 3 nitrogen and oxygen atoms in total. The van der Waals surface area contributed by atoms with Gasteiger partial charge in [-0.05, 0) is 5.56 Å². The van der Waals surface area contributed by atoms with Crippen molar-refractivity contribution < 1.29 is 9.53 Å². The maximum Gasteiger partial charge on any atom is 0.272 e. The fraction of sp³-hybridized carbons (Fsp3) is 0.222. The van der Waals surface area contributed by atoms with E-state index in [4.69, 9.17) is 10.5 Å². The molecule has 0 unspecified atom stereocenters. The standard InChI is InChI=1S/C9H10NO2/c1-12-8(9(10)11)7-5-3-2-4-6-7/h2-6,8,10H,1H3/t8-/m0/s1. The predicted octanol–water partition coefficient (Wildman–Crippen LogP) is 1.18. The molecule has 0 spiro atoms. The first-order valence-corrected chi connectivity index (χ1v) is 3.59. The van der Waals surface area contributed by atoms with Crippen LogP contribution in [0.2, 0.25) is 0 Å². The summed E-state index contributed by atoms with van der Waals surface area (Å²) >= 11 is 0. The first-order chi connectivity index (χ1) is 5.75. The van der Waals surface area contributed by atoms with Gasteiger partial charge in [0.05, 0.1) is 0 Å². The lowest BCUT2D eigenvalue weighted by molar-refractivity contribution is -0.128. The minimum atomic E-state index is -0.744. The number of ether oxygens (including phenoxy) is 1. The molecule has 0 aromatic heterocycles. The Hall–Kier alpha value is -1.35. The van der Waals surface area contributed by atoms with Crippen molar-refractivity contribution in [3.8, 4) is 0 Å². The Morgan fingerprint density at radius 2 is 2.00 bits per heavy atom. The van der Waals surface area contributed by atoms with Crippen LogP contribution in [0.1, 0.15) is 11.7 Å². The van der Waals surface area contributed by atoms with Gasteiger partial charge in [-0.1, -0.05) is 30.3 Å². The third-order valence-corrected chi connectivity index (χ3v) is 1.58. The molecule has 1 aromatic carbocycles. The van der Waals surface area contributed by atoms with Gasteiger partial charge in [-0.3, -0.25) is 10.5 Å². The zero-order valence-corrected chi connectivity index (χ0v) is 6.78. The summed E-state index contributed by atoms with van der Waals surface area (Å²) in [5.41, 5.74) is 7.63. The van der Waals surface area contributed by atoms with Crippen molar-refractivity contribution in [3.05, 3.63) is 35.9 Å². The van der Waals surface area contributed by atoms with Gasteiger partial charge in [-0.15, -0.1) is 0 Å². The molecule has 0 heterocycles. The van der Waals surface area contributed by atoms with Crippen molar-refractivity contribution in [2.24, 2.45) is 0 Å². The summed E-state index contributed by atoms with van der Waals surface area (Å²) in [5.74, 6) is -0.719. The van der Waals surface area contributed by atoms with E-state index in [2.05, 4.69) is 0 Å². The maximum atomic E-state index is 10.7. The van der Waals surface area contributed by atoms with Gasteiger partial charge in [0.15, 0.2) is 6.10 Å². The number of carbonyl (C=O) groups excluding carboxylic acids is 1. The van der Waals surface area contributed by atoms with Crippen molar-refractivity contribution in [2.75, 3.05) is 7.11 Å². The minimum absolute atomic E-state index is 0.719. The Morgan fingerprint density at radius 3 is 2.42 bits per heavy atom. The number of amides is 1. The summed E-state index contributed by atoms with van der Waals surface area (Å²) in [4.78, 5) is 10.7. The molecule has 0 aliphatic rings. The van der Waals surface area contributed by atoms with Crippen LogP contribution in [0.5, 0.6) is 0 Å². The summed E-state index contributed by atoms with van der Waals surface area (Å²) in [7, 11) is 1.42. The van der Waals surface area contributed by atoms with Crippen molar-refractivity contribution >= 4 is 5.91 Å². The average molecular weight is 164 g/mol. The number of rotatable bonds is 3. The molecule has 1 radical (unpaired) electrons. The molecule has 1 rings (SSSR count). The second-order valence-electron chi connectivity index (χ2n) is 2.39. The Kier molecular flexibility index (Phi) is 2.82. The van der Waals surface area contributed by atoms with Crippen LogP contribution in [0.25, 0.3) is 0 Å². The molecule has 1 aromatic rings. The summed E-state index contributed by atoms with van der Waals surface area (Å²) in [5, 5.41) is 0. The minimum Gasteiger partial charge on any atom is -0.367 e. The number of nitrogens with one attached hydrogen (secondary N) is 1. The van der Waals surface area contributed by atoms with Crippen molar-refractivity contribution in [2.45, 2.75) is 6.10 Å². The highest BCUT2D eigenvalue weighted by atomic mass is 16.5. The molecule has 0 aliphatic heterocycles. The predicted molar refractivity (Wildman–Crippen MR) is 44.3 cm³/mol. The molecule has 0 aliphatic carbocycles. The number of benzene rings is 1. The lowest BCUT2D eigenvalue weighted by atomic mass is 10.1. The summed E-state index contributed by atoms with van der Waals surface area (Å²) < 4.78 is 4.86. The first-order valence-electron chi connectivity index (χ1n) is 3.59. The van der Waals surface area contributed by atoms with Gasteiger partial charge >= 0.3 is 0 Å². The number of carbonyl (C=O) groups is 1. The molecular formula is C9H10NO2. The Bertz CT molecular complexity index is 258. The third-order valence-electron chi connectivity index (χ3n) is 1.58. The van der Waals surface area contributed by atoms with Gasteiger partial charge in [0.25, 0.3) is 5.91 Å². The molecule has 0 fully saturated rings. The largest absolute Gasteiger partial charge is 0.367 e. The summed E-state index contributed by atoms with van der Waals surface area (Å²) in [6, 6.07) is 9.00. The molecule has 1 atom stereocenters. The quantitative estimate of drug-likeness (QED) is 0.673. The van der Waals surface area contributed by atoms with E-state index in [1.54, 1.807) is 12.1 Å². The first kappa shape index (κ1) is 8.74. The topological polar surface area (TPSA) is 50.1 Å². The second-order valence-corrected chi connectivity index (χ2v) is 2.39. The van der Waals surface area contributed by atoms with Crippen molar-refractivity contribution in [1.29, 1.82) is 0 Å². The van der Waals surface area contributed by atoms with Crippen LogP contribution in [-0.4, -0.2) is 13.0 Å². The van der Waals surface area contributed by atoms with E-state index in [1.807, 2.05) is 18.2 Å². The summed E-state index contributed by atoms with van der Waals surface area (Å²) in [6.07, 6.45) is -0.744. The van der Waals surface area contributed by atoms with Gasteiger partial charge in [0.2, 0.25) is 0 Å². The van der Waals surface area contributed by atoms with Crippen LogP contribution in [0.4, 0.5) is 0 Å². The van der Waals surface area contributed by atoms with Gasteiger partial charge in [0.1, 0.15) is 0 Å². The summed E-state index contributed by atoms with van der Waals surface area (Å²) in [6.45, 7) is 0. The monoisotopic (exact) mass is 164 g/mol. The van der Waals surface area contributed by atoms with Crippen LogP contribution in [0.15, 0.2) is 30.3 Å². The number of hydrogen-bond acceptors (Lipinski definition) is 2. The molecule has 0 bridgehead atoms. The van der Waals surface area contributed by atoms with E-state index < -0.39 is 12.0 Å². The number of methoxy groups -OCH3 is 1.